The molecule has 2 bridgehead atoms. The van der Waals surface area contributed by atoms with Crippen LogP contribution in [0.1, 0.15) is 73.7 Å². The maximum absolute atomic E-state index is 13.1. The number of aliphatic hydroxyl groups excluding tert-OH is 1. The molecule has 2 aromatic rings. The van der Waals surface area contributed by atoms with E-state index in [1.807, 2.05) is 0 Å². The first-order valence-electron chi connectivity index (χ1n) is 11.7. The van der Waals surface area contributed by atoms with Crippen molar-refractivity contribution in [2.75, 3.05) is 23.7 Å². The third-order valence-electron chi connectivity index (χ3n) is 5.65. The SMILES string of the molecule is O=C(NCc1ccc(F)cc1)c1cnc2nc1NCCCCC(O)CCCCCCCN2. The van der Waals surface area contributed by atoms with E-state index in [1.165, 1.54) is 18.3 Å². The monoisotopic (exact) mass is 443 g/mol. The molecule has 3 rings (SSSR count). The summed E-state index contributed by atoms with van der Waals surface area (Å²) in [5, 5.41) is 19.5. The molecule has 0 saturated carbocycles. The molecule has 7 nitrogen and oxygen atoms in total. The number of nitrogens with one attached hydrogen (secondary N) is 3. The fourth-order valence-corrected chi connectivity index (χ4v) is 3.74. The first-order chi connectivity index (χ1) is 15.6. The molecule has 0 fully saturated rings. The van der Waals surface area contributed by atoms with Gasteiger partial charge >= 0.3 is 0 Å². The first-order valence-corrected chi connectivity index (χ1v) is 11.7. The Hall–Kier alpha value is -2.74. The molecule has 0 saturated heterocycles. The summed E-state index contributed by atoms with van der Waals surface area (Å²) in [6.45, 7) is 1.72. The lowest BCUT2D eigenvalue weighted by Crippen LogP contribution is -2.25. The van der Waals surface area contributed by atoms with Gasteiger partial charge in [-0.25, -0.2) is 9.37 Å². The van der Waals surface area contributed by atoms with Crippen LogP contribution in [0.15, 0.2) is 30.5 Å². The van der Waals surface area contributed by atoms with E-state index in [0.717, 1.165) is 69.9 Å². The topological polar surface area (TPSA) is 99.2 Å². The largest absolute Gasteiger partial charge is 0.393 e. The molecule has 1 aromatic carbocycles. The molecular formula is C24H34FN5O2. The Morgan fingerprint density at radius 1 is 1.00 bits per heavy atom. The molecule has 0 radical (unpaired) electrons. The van der Waals surface area contributed by atoms with Gasteiger partial charge in [-0.05, 0) is 49.8 Å². The zero-order valence-corrected chi connectivity index (χ0v) is 18.6. The number of aliphatic hydroxyl groups is 1. The van der Waals surface area contributed by atoms with E-state index in [0.29, 0.717) is 23.9 Å². The highest BCUT2D eigenvalue weighted by molar-refractivity contribution is 5.98. The van der Waals surface area contributed by atoms with Crippen molar-refractivity contribution in [3.05, 3.63) is 47.4 Å². The molecule has 0 aliphatic carbocycles. The standard InChI is InChI=1S/C24H34FN5O2/c25-19-12-10-18(11-13-19)16-28-23(32)21-17-29-24-27-15-6-3-1-2-4-8-20(31)9-5-7-14-26-22(21)30-24/h10-13,17,20,31H,1-9,14-16H2,(H,28,32)(H2,26,27,29,30). The number of hydrogen-bond donors (Lipinski definition) is 4. The highest BCUT2D eigenvalue weighted by Crippen LogP contribution is 2.17. The summed E-state index contributed by atoms with van der Waals surface area (Å²) in [6.07, 6.45) is 10.3. The van der Waals surface area contributed by atoms with Crippen LogP contribution < -0.4 is 16.0 Å². The predicted molar refractivity (Wildman–Crippen MR) is 124 cm³/mol. The third-order valence-corrected chi connectivity index (χ3v) is 5.65. The molecule has 4 N–H and O–H groups in total. The Kier molecular flexibility index (Phi) is 9.68. The lowest BCUT2D eigenvalue weighted by molar-refractivity contribution is 0.0951. The number of rotatable bonds is 3. The molecule has 1 atom stereocenters. The van der Waals surface area contributed by atoms with E-state index >= 15 is 0 Å². The summed E-state index contributed by atoms with van der Waals surface area (Å²) in [7, 11) is 0. The smallest absolute Gasteiger partial charge is 0.256 e. The van der Waals surface area contributed by atoms with Gasteiger partial charge in [-0.2, -0.15) is 4.98 Å². The second-order valence-electron chi connectivity index (χ2n) is 8.32. The van der Waals surface area contributed by atoms with Crippen molar-refractivity contribution in [1.82, 2.24) is 15.3 Å². The van der Waals surface area contributed by atoms with Crippen LogP contribution in [0.4, 0.5) is 16.2 Å². The van der Waals surface area contributed by atoms with Crippen molar-refractivity contribution < 1.29 is 14.3 Å². The van der Waals surface area contributed by atoms with Crippen LogP contribution in [0.5, 0.6) is 0 Å². The van der Waals surface area contributed by atoms with Gasteiger partial charge in [0.15, 0.2) is 0 Å². The zero-order valence-electron chi connectivity index (χ0n) is 18.6. The van der Waals surface area contributed by atoms with Gasteiger partial charge in [0.25, 0.3) is 5.91 Å². The predicted octanol–water partition coefficient (Wildman–Crippen LogP) is 4.25. The van der Waals surface area contributed by atoms with E-state index in [9.17, 15) is 14.3 Å². The third kappa shape index (κ3) is 8.07. The Morgan fingerprint density at radius 2 is 1.66 bits per heavy atom. The lowest BCUT2D eigenvalue weighted by Gasteiger charge is -2.14. The Bertz CT molecular complexity index is 847. The molecule has 1 aromatic heterocycles. The Labute approximate surface area is 189 Å². The normalized spacial score (nSPS) is 18.6. The molecule has 1 aliphatic rings. The summed E-state index contributed by atoms with van der Waals surface area (Å²) >= 11 is 0. The van der Waals surface area contributed by atoms with Gasteiger partial charge in [0.2, 0.25) is 5.95 Å². The number of hydrogen-bond acceptors (Lipinski definition) is 6. The fraction of sp³-hybridized carbons (Fsp3) is 0.542. The van der Waals surface area contributed by atoms with Crippen molar-refractivity contribution in [3.8, 4) is 0 Å². The van der Waals surface area contributed by atoms with Crippen LogP contribution in [0.2, 0.25) is 0 Å². The van der Waals surface area contributed by atoms with Crippen molar-refractivity contribution >= 4 is 17.7 Å². The number of halogens is 1. The number of amides is 1. The summed E-state index contributed by atoms with van der Waals surface area (Å²) in [4.78, 5) is 21.6. The number of aromatic nitrogens is 2. The van der Waals surface area contributed by atoms with Crippen molar-refractivity contribution in [3.63, 3.8) is 0 Å². The average molecular weight is 444 g/mol. The summed E-state index contributed by atoms with van der Waals surface area (Å²) in [6, 6.07) is 6.03. The quantitative estimate of drug-likeness (QED) is 0.566. The highest BCUT2D eigenvalue weighted by atomic mass is 19.1. The van der Waals surface area contributed by atoms with Gasteiger partial charge in [-0.3, -0.25) is 4.79 Å². The maximum Gasteiger partial charge on any atom is 0.256 e. The minimum atomic E-state index is -0.308. The molecule has 2 heterocycles. The summed E-state index contributed by atoms with van der Waals surface area (Å²) in [5.74, 6) is 0.396. The van der Waals surface area contributed by atoms with E-state index in [-0.39, 0.29) is 24.4 Å². The van der Waals surface area contributed by atoms with Crippen molar-refractivity contribution in [2.24, 2.45) is 0 Å². The lowest BCUT2D eigenvalue weighted by atomic mass is 10.0. The molecule has 8 heteroatoms. The van der Waals surface area contributed by atoms with Gasteiger partial charge < -0.3 is 21.1 Å². The Morgan fingerprint density at radius 3 is 2.47 bits per heavy atom. The molecule has 1 amide bonds. The number of nitrogens with zero attached hydrogens (tertiary/aromatic N) is 2. The van der Waals surface area contributed by atoms with Gasteiger partial charge in [-0.15, -0.1) is 0 Å². The van der Waals surface area contributed by atoms with Crippen LogP contribution in [0.25, 0.3) is 0 Å². The van der Waals surface area contributed by atoms with E-state index in [4.69, 9.17) is 0 Å². The number of carbonyl (C=O) groups excluding carboxylic acids is 1. The molecule has 174 valence electrons. The van der Waals surface area contributed by atoms with Crippen molar-refractivity contribution in [2.45, 2.75) is 70.4 Å². The highest BCUT2D eigenvalue weighted by Gasteiger charge is 2.15. The maximum atomic E-state index is 13.1. The summed E-state index contributed by atoms with van der Waals surface area (Å²) in [5.41, 5.74) is 1.18. The van der Waals surface area contributed by atoms with Crippen LogP contribution in [0, 0.1) is 5.82 Å². The van der Waals surface area contributed by atoms with Crippen LogP contribution >= 0.6 is 0 Å². The molecule has 1 unspecified atom stereocenters. The van der Waals surface area contributed by atoms with Gasteiger partial charge in [0, 0.05) is 25.8 Å². The Balaban J connectivity index is 1.64. The van der Waals surface area contributed by atoms with E-state index < -0.39 is 0 Å². The second kappa shape index (κ2) is 13.0. The van der Waals surface area contributed by atoms with Gasteiger partial charge in [-0.1, -0.05) is 37.8 Å². The van der Waals surface area contributed by atoms with Gasteiger partial charge in [0.1, 0.15) is 17.2 Å². The van der Waals surface area contributed by atoms with Crippen LogP contribution in [-0.4, -0.2) is 40.2 Å². The first kappa shape index (κ1) is 23.9. The molecule has 0 spiro atoms. The van der Waals surface area contributed by atoms with E-state index in [2.05, 4.69) is 25.9 Å². The van der Waals surface area contributed by atoms with Crippen molar-refractivity contribution in [1.29, 1.82) is 0 Å². The van der Waals surface area contributed by atoms with Gasteiger partial charge in [0.05, 0.1) is 6.10 Å². The number of anilines is 2. The number of fused-ring (bicyclic) bond motifs is 2. The van der Waals surface area contributed by atoms with Crippen LogP contribution in [0.3, 0.4) is 0 Å². The van der Waals surface area contributed by atoms with E-state index in [1.54, 1.807) is 12.1 Å². The second-order valence-corrected chi connectivity index (χ2v) is 8.32. The molecular weight excluding hydrogens is 409 g/mol. The van der Waals surface area contributed by atoms with Crippen LogP contribution in [-0.2, 0) is 6.54 Å². The number of carbonyl (C=O) groups is 1. The molecule has 32 heavy (non-hydrogen) atoms. The summed E-state index contributed by atoms with van der Waals surface area (Å²) < 4.78 is 13.1. The molecule has 1 aliphatic heterocycles. The zero-order chi connectivity index (χ0) is 22.6. The minimum absolute atomic E-state index is 0.231. The fourth-order valence-electron chi connectivity index (χ4n) is 3.74. The number of benzene rings is 1. The minimum Gasteiger partial charge on any atom is -0.393 e. The average Bonchev–Trinajstić information content (AvgIpc) is 2.80.